The van der Waals surface area contributed by atoms with Crippen molar-refractivity contribution < 1.29 is 19.4 Å². The molecule has 4 nitrogen and oxygen atoms in total. The highest BCUT2D eigenvalue weighted by Crippen LogP contribution is 2.02. The summed E-state index contributed by atoms with van der Waals surface area (Å²) in [4.78, 5) is 19.4. The van der Waals surface area contributed by atoms with Crippen LogP contribution in [0.5, 0.6) is 0 Å². The first kappa shape index (κ1) is 15.2. The van der Waals surface area contributed by atoms with Crippen LogP contribution in [0.25, 0.3) is 0 Å². The van der Waals surface area contributed by atoms with E-state index in [1.807, 2.05) is 18.2 Å². The number of benzene rings is 1. The molecule has 1 N–H and O–H groups in total. The van der Waals surface area contributed by atoms with E-state index >= 15 is 0 Å². The molecule has 0 radical (unpaired) electrons. The highest BCUT2D eigenvalue weighted by atomic mass is 16.5. The fraction of sp³-hybridized carbons (Fsp3) is 0.385. The summed E-state index contributed by atoms with van der Waals surface area (Å²) in [6, 6.07) is 10.2. The lowest BCUT2D eigenvalue weighted by Crippen LogP contribution is -2.01. The van der Waals surface area contributed by atoms with Gasteiger partial charge in [-0.25, -0.2) is 0 Å². The Morgan fingerprint density at radius 2 is 1.71 bits per heavy atom. The van der Waals surface area contributed by atoms with Crippen LogP contribution < -0.4 is 0 Å². The van der Waals surface area contributed by atoms with Crippen LogP contribution in [0.1, 0.15) is 25.8 Å². The third-order valence-corrected chi connectivity index (χ3v) is 1.76. The van der Waals surface area contributed by atoms with Crippen LogP contribution in [0.4, 0.5) is 0 Å². The smallest absolute Gasteiger partial charge is 0.302 e. The molecule has 0 bridgehead atoms. The van der Waals surface area contributed by atoms with Crippen molar-refractivity contribution in [3.8, 4) is 0 Å². The molecule has 17 heavy (non-hydrogen) atoms. The standard InChI is InChI=1S/C11H14O2.C2H4O2/c1-10(12)13-9-5-8-11-6-3-2-4-7-11;1-2(3)4/h2-4,6-7H,5,8-9H2,1H3;1H3,(H,3,4). The number of aryl methyl sites for hydroxylation is 1. The molecule has 94 valence electrons. The van der Waals surface area contributed by atoms with Gasteiger partial charge in [-0.3, -0.25) is 9.59 Å². The minimum atomic E-state index is -0.833. The summed E-state index contributed by atoms with van der Waals surface area (Å²) >= 11 is 0. The van der Waals surface area contributed by atoms with E-state index in [9.17, 15) is 4.79 Å². The van der Waals surface area contributed by atoms with E-state index < -0.39 is 5.97 Å². The summed E-state index contributed by atoms with van der Waals surface area (Å²) in [6.07, 6.45) is 1.86. The van der Waals surface area contributed by atoms with Crippen molar-refractivity contribution in [1.29, 1.82) is 0 Å². The number of carbonyl (C=O) groups excluding carboxylic acids is 1. The lowest BCUT2D eigenvalue weighted by Gasteiger charge is -2.01. The van der Waals surface area contributed by atoms with Crippen LogP contribution in [0.2, 0.25) is 0 Å². The van der Waals surface area contributed by atoms with E-state index in [1.54, 1.807) is 0 Å². The Kier molecular flexibility index (Phi) is 8.37. The molecule has 0 saturated carbocycles. The number of aliphatic carboxylic acids is 1. The SMILES string of the molecule is CC(=O)O.CC(=O)OCCCc1ccccc1. The van der Waals surface area contributed by atoms with Crippen LogP contribution >= 0.6 is 0 Å². The van der Waals surface area contributed by atoms with Gasteiger partial charge in [0.05, 0.1) is 6.61 Å². The second-order valence-electron chi connectivity index (χ2n) is 3.45. The number of hydrogen-bond acceptors (Lipinski definition) is 3. The average Bonchev–Trinajstić information content (AvgIpc) is 2.25. The summed E-state index contributed by atoms with van der Waals surface area (Å²) in [5.41, 5.74) is 1.29. The van der Waals surface area contributed by atoms with Crippen LogP contribution in [0.15, 0.2) is 30.3 Å². The van der Waals surface area contributed by atoms with Gasteiger partial charge in [-0.1, -0.05) is 30.3 Å². The Labute approximate surface area is 101 Å². The summed E-state index contributed by atoms with van der Waals surface area (Å²) in [5, 5.41) is 7.42. The van der Waals surface area contributed by atoms with Gasteiger partial charge in [0.25, 0.3) is 5.97 Å². The van der Waals surface area contributed by atoms with Gasteiger partial charge in [-0.05, 0) is 18.4 Å². The number of carbonyl (C=O) groups is 2. The maximum atomic E-state index is 10.4. The molecule has 1 aromatic carbocycles. The van der Waals surface area contributed by atoms with Crippen LogP contribution in [-0.2, 0) is 20.7 Å². The lowest BCUT2D eigenvalue weighted by molar-refractivity contribution is -0.141. The number of rotatable bonds is 4. The first-order valence-electron chi connectivity index (χ1n) is 5.39. The zero-order valence-electron chi connectivity index (χ0n) is 10.2. The lowest BCUT2D eigenvalue weighted by atomic mass is 10.1. The van der Waals surface area contributed by atoms with Crippen molar-refractivity contribution in [1.82, 2.24) is 0 Å². The minimum absolute atomic E-state index is 0.201. The highest BCUT2D eigenvalue weighted by Gasteiger charge is 1.94. The zero-order valence-corrected chi connectivity index (χ0v) is 10.2. The van der Waals surface area contributed by atoms with E-state index in [4.69, 9.17) is 14.6 Å². The first-order valence-corrected chi connectivity index (χ1v) is 5.39. The average molecular weight is 238 g/mol. The molecule has 0 fully saturated rings. The minimum Gasteiger partial charge on any atom is -0.481 e. The molecule has 0 atom stereocenters. The highest BCUT2D eigenvalue weighted by molar-refractivity contribution is 5.65. The monoisotopic (exact) mass is 238 g/mol. The van der Waals surface area contributed by atoms with Crippen LogP contribution in [0, 0.1) is 0 Å². The number of carboxylic acids is 1. The van der Waals surface area contributed by atoms with Crippen molar-refractivity contribution >= 4 is 11.9 Å². The first-order chi connectivity index (χ1) is 8.02. The number of hydrogen-bond donors (Lipinski definition) is 1. The molecular formula is C13H18O4. The van der Waals surface area contributed by atoms with Gasteiger partial charge in [-0.2, -0.15) is 0 Å². The summed E-state index contributed by atoms with van der Waals surface area (Å²) in [7, 11) is 0. The molecule has 0 aliphatic rings. The molecule has 0 amide bonds. The maximum Gasteiger partial charge on any atom is 0.302 e. The van der Waals surface area contributed by atoms with Gasteiger partial charge in [0.15, 0.2) is 0 Å². The van der Waals surface area contributed by atoms with Gasteiger partial charge in [-0.15, -0.1) is 0 Å². The van der Waals surface area contributed by atoms with Crippen molar-refractivity contribution in [2.45, 2.75) is 26.7 Å². The quantitative estimate of drug-likeness (QED) is 0.645. The van der Waals surface area contributed by atoms with Gasteiger partial charge < -0.3 is 9.84 Å². The number of esters is 1. The Morgan fingerprint density at radius 1 is 1.18 bits per heavy atom. The molecule has 1 aromatic rings. The van der Waals surface area contributed by atoms with Crippen LogP contribution in [0.3, 0.4) is 0 Å². The van der Waals surface area contributed by atoms with Crippen LogP contribution in [-0.4, -0.2) is 23.7 Å². The molecule has 4 heteroatoms. The number of carboxylic acid groups (broad SMARTS) is 1. The Balaban J connectivity index is 0.000000557. The zero-order chi connectivity index (χ0) is 13.1. The van der Waals surface area contributed by atoms with Crippen molar-refractivity contribution in [2.24, 2.45) is 0 Å². The molecule has 0 saturated heterocycles. The predicted molar refractivity (Wildman–Crippen MR) is 64.7 cm³/mol. The summed E-state index contributed by atoms with van der Waals surface area (Å²) < 4.78 is 4.82. The Morgan fingerprint density at radius 3 is 2.18 bits per heavy atom. The molecule has 0 aromatic heterocycles. The Hall–Kier alpha value is -1.84. The molecule has 0 heterocycles. The Bertz CT molecular complexity index is 329. The van der Waals surface area contributed by atoms with E-state index in [0.29, 0.717) is 6.61 Å². The molecule has 0 aliphatic carbocycles. The largest absolute Gasteiger partial charge is 0.481 e. The van der Waals surface area contributed by atoms with Crippen molar-refractivity contribution in [3.05, 3.63) is 35.9 Å². The third-order valence-electron chi connectivity index (χ3n) is 1.76. The predicted octanol–water partition coefficient (Wildman–Crippen LogP) is 2.27. The normalized spacial score (nSPS) is 8.82. The summed E-state index contributed by atoms with van der Waals surface area (Å²) in [5.74, 6) is -1.03. The molecule has 0 aliphatic heterocycles. The van der Waals surface area contributed by atoms with Gasteiger partial charge >= 0.3 is 5.97 Å². The topological polar surface area (TPSA) is 63.6 Å². The van der Waals surface area contributed by atoms with Gasteiger partial charge in [0, 0.05) is 13.8 Å². The second kappa shape index (κ2) is 9.39. The summed E-state index contributed by atoms with van der Waals surface area (Å²) in [6.45, 7) is 3.03. The van der Waals surface area contributed by atoms with Crippen molar-refractivity contribution in [2.75, 3.05) is 6.61 Å². The van der Waals surface area contributed by atoms with E-state index in [2.05, 4.69) is 12.1 Å². The fourth-order valence-corrected chi connectivity index (χ4v) is 1.14. The fourth-order valence-electron chi connectivity index (χ4n) is 1.14. The van der Waals surface area contributed by atoms with E-state index in [-0.39, 0.29) is 5.97 Å². The van der Waals surface area contributed by atoms with Gasteiger partial charge in [0.2, 0.25) is 0 Å². The van der Waals surface area contributed by atoms with E-state index in [0.717, 1.165) is 19.8 Å². The van der Waals surface area contributed by atoms with Gasteiger partial charge in [0.1, 0.15) is 0 Å². The molecule has 0 spiro atoms. The second-order valence-corrected chi connectivity index (χ2v) is 3.45. The molecule has 0 unspecified atom stereocenters. The molecule has 1 rings (SSSR count). The maximum absolute atomic E-state index is 10.4. The molecular weight excluding hydrogens is 220 g/mol. The third kappa shape index (κ3) is 12.1. The van der Waals surface area contributed by atoms with E-state index in [1.165, 1.54) is 12.5 Å². The number of ether oxygens (including phenoxy) is 1. The van der Waals surface area contributed by atoms with Crippen molar-refractivity contribution in [3.63, 3.8) is 0 Å².